The Morgan fingerprint density at radius 3 is 2.72 bits per heavy atom. The van der Waals surface area contributed by atoms with Crippen molar-refractivity contribution in [2.75, 3.05) is 0 Å². The van der Waals surface area contributed by atoms with Gasteiger partial charge in [0, 0.05) is 16.3 Å². The predicted octanol–water partition coefficient (Wildman–Crippen LogP) is 4.88. The van der Waals surface area contributed by atoms with Gasteiger partial charge in [-0.05, 0) is 35.9 Å². The maximum absolute atomic E-state index is 13.5. The van der Waals surface area contributed by atoms with Gasteiger partial charge in [-0.1, -0.05) is 53.7 Å². The fraction of sp³-hybridized carbons (Fsp3) is 0.0556. The zero-order valence-electron chi connectivity index (χ0n) is 12.9. The van der Waals surface area contributed by atoms with E-state index in [0.29, 0.717) is 22.8 Å². The normalized spacial score (nSPS) is 11.1. The van der Waals surface area contributed by atoms with Gasteiger partial charge in [0.2, 0.25) is 0 Å². The molecule has 4 rings (SSSR count). The molecule has 0 spiro atoms. The quantitative estimate of drug-likeness (QED) is 0.480. The molecule has 0 amide bonds. The first-order valence-electron chi connectivity index (χ1n) is 7.55. The van der Waals surface area contributed by atoms with Crippen LogP contribution in [0.5, 0.6) is 0 Å². The maximum atomic E-state index is 13.5. The number of hydrogen-bond acceptors (Lipinski definition) is 4. The summed E-state index contributed by atoms with van der Waals surface area (Å²) >= 11 is 7.76. The highest BCUT2D eigenvalue weighted by Crippen LogP contribution is 2.26. The van der Waals surface area contributed by atoms with Crippen molar-refractivity contribution in [3.05, 3.63) is 77.1 Å². The average molecular weight is 371 g/mol. The van der Waals surface area contributed by atoms with Gasteiger partial charge < -0.3 is 0 Å². The molecule has 2 aromatic heterocycles. The molecule has 0 bridgehead atoms. The van der Waals surface area contributed by atoms with Crippen LogP contribution in [0.2, 0.25) is 5.02 Å². The van der Waals surface area contributed by atoms with E-state index in [9.17, 15) is 4.39 Å². The number of aromatic nitrogens is 4. The molecule has 0 saturated carbocycles. The zero-order chi connectivity index (χ0) is 17.2. The highest BCUT2D eigenvalue weighted by atomic mass is 35.5. The van der Waals surface area contributed by atoms with Crippen molar-refractivity contribution in [1.29, 1.82) is 0 Å². The molecule has 0 radical (unpaired) electrons. The Balaban J connectivity index is 1.65. The van der Waals surface area contributed by atoms with Crippen molar-refractivity contribution in [3.63, 3.8) is 0 Å². The van der Waals surface area contributed by atoms with Crippen molar-refractivity contribution in [3.8, 4) is 11.4 Å². The SMILES string of the molecule is Fc1cccc(-c2nnc3ccc(SCc4ccccc4Cl)nn23)c1. The molecule has 7 heteroatoms. The summed E-state index contributed by atoms with van der Waals surface area (Å²) in [6, 6.07) is 17.7. The molecule has 2 aromatic carbocycles. The van der Waals surface area contributed by atoms with Crippen molar-refractivity contribution in [2.24, 2.45) is 0 Å². The largest absolute Gasteiger partial charge is 0.207 e. The average Bonchev–Trinajstić information content (AvgIpc) is 3.04. The number of rotatable bonds is 4. The van der Waals surface area contributed by atoms with Crippen LogP contribution in [0.3, 0.4) is 0 Å². The Labute approximate surface area is 152 Å². The van der Waals surface area contributed by atoms with E-state index in [2.05, 4.69) is 15.3 Å². The van der Waals surface area contributed by atoms with Gasteiger partial charge in [-0.25, -0.2) is 4.39 Å². The van der Waals surface area contributed by atoms with E-state index in [4.69, 9.17) is 11.6 Å². The Morgan fingerprint density at radius 2 is 1.88 bits per heavy atom. The Bertz CT molecular complexity index is 1050. The van der Waals surface area contributed by atoms with Gasteiger partial charge in [-0.2, -0.15) is 9.61 Å². The van der Waals surface area contributed by atoms with Gasteiger partial charge in [0.1, 0.15) is 10.8 Å². The second-order valence-electron chi connectivity index (χ2n) is 5.36. The highest BCUT2D eigenvalue weighted by molar-refractivity contribution is 7.98. The molecule has 0 saturated heterocycles. The standard InChI is InChI=1S/C18H12ClFN4S/c19-15-7-2-1-4-13(15)11-25-17-9-8-16-21-22-18(24(16)23-17)12-5-3-6-14(20)10-12/h1-10H,11H2. The first-order chi connectivity index (χ1) is 12.2. The fourth-order valence-corrected chi connectivity index (χ4v) is 3.56. The Kier molecular flexibility index (Phi) is 4.38. The van der Waals surface area contributed by atoms with Gasteiger partial charge >= 0.3 is 0 Å². The number of halogens is 2. The van der Waals surface area contributed by atoms with Crippen LogP contribution in [0.15, 0.2) is 65.7 Å². The Morgan fingerprint density at radius 1 is 1.00 bits per heavy atom. The number of thioether (sulfide) groups is 1. The van der Waals surface area contributed by atoms with Gasteiger partial charge in [0.25, 0.3) is 0 Å². The van der Waals surface area contributed by atoms with Crippen molar-refractivity contribution >= 4 is 29.0 Å². The summed E-state index contributed by atoms with van der Waals surface area (Å²) in [4.78, 5) is 0. The molecule has 0 aliphatic rings. The Hall–Kier alpha value is -2.44. The van der Waals surface area contributed by atoms with Crippen LogP contribution in [0.4, 0.5) is 4.39 Å². The lowest BCUT2D eigenvalue weighted by Gasteiger charge is -2.05. The van der Waals surface area contributed by atoms with E-state index >= 15 is 0 Å². The third-order valence-electron chi connectivity index (χ3n) is 3.65. The number of nitrogens with zero attached hydrogens (tertiary/aromatic N) is 4. The van der Waals surface area contributed by atoms with Crippen molar-refractivity contribution in [2.45, 2.75) is 10.8 Å². The van der Waals surface area contributed by atoms with E-state index in [-0.39, 0.29) is 5.82 Å². The van der Waals surface area contributed by atoms with Gasteiger partial charge in [0.15, 0.2) is 11.5 Å². The molecular formula is C18H12ClFN4S. The van der Waals surface area contributed by atoms with Gasteiger partial charge in [-0.15, -0.1) is 10.2 Å². The molecule has 0 aliphatic heterocycles. The van der Waals surface area contributed by atoms with E-state index in [0.717, 1.165) is 15.6 Å². The first-order valence-corrected chi connectivity index (χ1v) is 8.92. The zero-order valence-corrected chi connectivity index (χ0v) is 14.5. The summed E-state index contributed by atoms with van der Waals surface area (Å²) in [5, 5.41) is 14.4. The molecule has 4 nitrogen and oxygen atoms in total. The minimum absolute atomic E-state index is 0.321. The lowest BCUT2D eigenvalue weighted by molar-refractivity contribution is 0.628. The third-order valence-corrected chi connectivity index (χ3v) is 4.99. The summed E-state index contributed by atoms with van der Waals surface area (Å²) in [5.74, 6) is 0.892. The molecular weight excluding hydrogens is 359 g/mol. The second kappa shape index (κ2) is 6.82. The molecule has 25 heavy (non-hydrogen) atoms. The maximum Gasteiger partial charge on any atom is 0.185 e. The summed E-state index contributed by atoms with van der Waals surface area (Å²) in [6.07, 6.45) is 0. The molecule has 0 atom stereocenters. The highest BCUT2D eigenvalue weighted by Gasteiger charge is 2.11. The van der Waals surface area contributed by atoms with Crippen LogP contribution >= 0.6 is 23.4 Å². The van der Waals surface area contributed by atoms with Crippen LogP contribution < -0.4 is 0 Å². The molecule has 0 unspecified atom stereocenters. The molecule has 0 fully saturated rings. The van der Waals surface area contributed by atoms with Crippen LogP contribution in [-0.4, -0.2) is 19.8 Å². The van der Waals surface area contributed by atoms with Crippen molar-refractivity contribution < 1.29 is 4.39 Å². The van der Waals surface area contributed by atoms with E-state index < -0.39 is 0 Å². The third kappa shape index (κ3) is 3.36. The van der Waals surface area contributed by atoms with E-state index in [1.54, 1.807) is 28.4 Å². The predicted molar refractivity (Wildman–Crippen MR) is 97.2 cm³/mol. The molecule has 2 heterocycles. The second-order valence-corrected chi connectivity index (χ2v) is 6.76. The lowest BCUT2D eigenvalue weighted by atomic mass is 10.2. The first kappa shape index (κ1) is 16.1. The fourth-order valence-electron chi connectivity index (χ4n) is 2.42. The van der Waals surface area contributed by atoms with Crippen LogP contribution in [-0.2, 0) is 5.75 Å². The minimum atomic E-state index is -0.321. The molecule has 4 aromatic rings. The smallest absolute Gasteiger partial charge is 0.185 e. The summed E-state index contributed by atoms with van der Waals surface area (Å²) < 4.78 is 15.1. The molecule has 0 aliphatic carbocycles. The summed E-state index contributed by atoms with van der Waals surface area (Å²) in [7, 11) is 0. The lowest BCUT2D eigenvalue weighted by Crippen LogP contribution is -1.97. The number of hydrogen-bond donors (Lipinski definition) is 0. The van der Waals surface area contributed by atoms with Crippen LogP contribution in [0, 0.1) is 5.82 Å². The summed E-state index contributed by atoms with van der Waals surface area (Å²) in [5.41, 5.74) is 2.29. The minimum Gasteiger partial charge on any atom is -0.207 e. The summed E-state index contributed by atoms with van der Waals surface area (Å²) in [6.45, 7) is 0. The van der Waals surface area contributed by atoms with Crippen LogP contribution in [0.1, 0.15) is 5.56 Å². The topological polar surface area (TPSA) is 43.1 Å². The van der Waals surface area contributed by atoms with Gasteiger partial charge in [0.05, 0.1) is 0 Å². The number of fused-ring (bicyclic) bond motifs is 1. The number of benzene rings is 2. The monoisotopic (exact) mass is 370 g/mol. The molecule has 124 valence electrons. The van der Waals surface area contributed by atoms with Crippen LogP contribution in [0.25, 0.3) is 17.0 Å². The van der Waals surface area contributed by atoms with Crippen molar-refractivity contribution in [1.82, 2.24) is 19.8 Å². The van der Waals surface area contributed by atoms with E-state index in [1.807, 2.05) is 36.4 Å². The van der Waals surface area contributed by atoms with Gasteiger partial charge in [-0.3, -0.25) is 0 Å². The molecule has 0 N–H and O–H groups in total. The van der Waals surface area contributed by atoms with E-state index in [1.165, 1.54) is 12.1 Å².